The molecule has 2 heterocycles. The summed E-state index contributed by atoms with van der Waals surface area (Å²) in [5, 5.41) is 0. The Kier molecular flexibility index (Phi) is 4.91. The second kappa shape index (κ2) is 7.08. The molecule has 2 aliphatic heterocycles. The minimum atomic E-state index is -0.163. The summed E-state index contributed by atoms with van der Waals surface area (Å²) in [5.74, 6) is 0.941. The quantitative estimate of drug-likeness (QED) is 0.855. The van der Waals surface area contributed by atoms with Crippen molar-refractivity contribution in [2.24, 2.45) is 5.92 Å². The van der Waals surface area contributed by atoms with Crippen molar-refractivity contribution in [3.8, 4) is 0 Å². The number of hydrogen-bond donors (Lipinski definition) is 0. The third kappa shape index (κ3) is 3.85. The molecule has 1 aromatic rings. The zero-order valence-corrected chi connectivity index (χ0v) is 12.7. The first-order valence-corrected chi connectivity index (χ1v) is 8.27. The molecule has 21 heavy (non-hydrogen) atoms. The average molecular weight is 287 g/mol. The second-order valence-electron chi connectivity index (χ2n) is 6.31. The van der Waals surface area contributed by atoms with E-state index in [-0.39, 0.29) is 12.0 Å². The molecule has 1 aromatic carbocycles. The molecule has 1 unspecified atom stereocenters. The number of carbonyl (C=O) groups excluding carboxylic acids is 1. The fraction of sp³-hybridized carbons (Fsp3) is 0.611. The first kappa shape index (κ1) is 14.6. The van der Waals surface area contributed by atoms with E-state index in [0.717, 1.165) is 58.2 Å². The zero-order valence-electron chi connectivity index (χ0n) is 12.7. The standard InChI is InChI=1S/C18H25NO2/c20-18(17-8-4-5-13-21-17)19-11-9-16(10-12-19)14-15-6-2-1-3-7-15/h1-3,6-7,16-17H,4-5,8-14H2. The summed E-state index contributed by atoms with van der Waals surface area (Å²) < 4.78 is 5.62. The number of carbonyl (C=O) groups is 1. The van der Waals surface area contributed by atoms with E-state index in [1.54, 1.807) is 0 Å². The van der Waals surface area contributed by atoms with Crippen molar-refractivity contribution in [2.75, 3.05) is 19.7 Å². The highest BCUT2D eigenvalue weighted by atomic mass is 16.5. The second-order valence-corrected chi connectivity index (χ2v) is 6.31. The lowest BCUT2D eigenvalue weighted by atomic mass is 9.90. The minimum absolute atomic E-state index is 0.163. The van der Waals surface area contributed by atoms with Gasteiger partial charge in [-0.15, -0.1) is 0 Å². The van der Waals surface area contributed by atoms with Crippen molar-refractivity contribution in [3.63, 3.8) is 0 Å². The van der Waals surface area contributed by atoms with E-state index in [9.17, 15) is 4.79 Å². The maximum Gasteiger partial charge on any atom is 0.251 e. The number of rotatable bonds is 3. The van der Waals surface area contributed by atoms with Crippen molar-refractivity contribution in [1.29, 1.82) is 0 Å². The van der Waals surface area contributed by atoms with Crippen molar-refractivity contribution in [3.05, 3.63) is 35.9 Å². The van der Waals surface area contributed by atoms with Gasteiger partial charge in [0.15, 0.2) is 0 Å². The average Bonchev–Trinajstić information content (AvgIpc) is 2.57. The Balaban J connectivity index is 1.47. The van der Waals surface area contributed by atoms with Crippen LogP contribution in [0.3, 0.4) is 0 Å². The first-order valence-electron chi connectivity index (χ1n) is 8.27. The van der Waals surface area contributed by atoms with Crippen LogP contribution in [0.5, 0.6) is 0 Å². The van der Waals surface area contributed by atoms with Gasteiger partial charge in [-0.2, -0.15) is 0 Å². The van der Waals surface area contributed by atoms with E-state index in [1.807, 2.05) is 4.90 Å². The maximum atomic E-state index is 12.4. The maximum absolute atomic E-state index is 12.4. The summed E-state index contributed by atoms with van der Waals surface area (Å²) in [6.45, 7) is 2.55. The molecule has 0 N–H and O–H groups in total. The van der Waals surface area contributed by atoms with Gasteiger partial charge in [0.1, 0.15) is 6.10 Å². The highest BCUT2D eigenvalue weighted by Gasteiger charge is 2.29. The molecule has 1 amide bonds. The van der Waals surface area contributed by atoms with E-state index in [0.29, 0.717) is 5.92 Å². The highest BCUT2D eigenvalue weighted by Crippen LogP contribution is 2.23. The van der Waals surface area contributed by atoms with Gasteiger partial charge >= 0.3 is 0 Å². The molecular formula is C18H25NO2. The molecular weight excluding hydrogens is 262 g/mol. The van der Waals surface area contributed by atoms with Crippen LogP contribution in [0.2, 0.25) is 0 Å². The van der Waals surface area contributed by atoms with Crippen LogP contribution in [0.4, 0.5) is 0 Å². The van der Waals surface area contributed by atoms with Gasteiger partial charge in [-0.1, -0.05) is 30.3 Å². The lowest BCUT2D eigenvalue weighted by Gasteiger charge is -2.35. The van der Waals surface area contributed by atoms with Crippen LogP contribution in [0, 0.1) is 5.92 Å². The summed E-state index contributed by atoms with van der Waals surface area (Å²) in [6.07, 6.45) is 6.35. The van der Waals surface area contributed by atoms with Gasteiger partial charge in [-0.05, 0) is 50.0 Å². The summed E-state index contributed by atoms with van der Waals surface area (Å²) in [5.41, 5.74) is 1.41. The predicted octanol–water partition coefficient (Wildman–Crippen LogP) is 3.04. The molecule has 0 radical (unpaired) electrons. The molecule has 3 rings (SSSR count). The number of benzene rings is 1. The predicted molar refractivity (Wildman–Crippen MR) is 83.0 cm³/mol. The van der Waals surface area contributed by atoms with Gasteiger partial charge in [0.25, 0.3) is 5.91 Å². The first-order chi connectivity index (χ1) is 10.3. The van der Waals surface area contributed by atoms with Crippen LogP contribution >= 0.6 is 0 Å². The zero-order chi connectivity index (χ0) is 14.5. The Morgan fingerprint density at radius 1 is 1.10 bits per heavy atom. The van der Waals surface area contributed by atoms with Crippen LogP contribution < -0.4 is 0 Å². The Morgan fingerprint density at radius 3 is 2.52 bits per heavy atom. The third-order valence-corrected chi connectivity index (χ3v) is 4.75. The Morgan fingerprint density at radius 2 is 1.86 bits per heavy atom. The molecule has 3 nitrogen and oxygen atoms in total. The van der Waals surface area contributed by atoms with Crippen molar-refractivity contribution in [1.82, 2.24) is 4.90 Å². The van der Waals surface area contributed by atoms with Gasteiger partial charge in [-0.3, -0.25) is 4.79 Å². The number of amides is 1. The number of piperidine rings is 1. The van der Waals surface area contributed by atoms with Crippen LogP contribution in [-0.4, -0.2) is 36.6 Å². The number of nitrogens with zero attached hydrogens (tertiary/aromatic N) is 1. The molecule has 2 saturated heterocycles. The Hall–Kier alpha value is -1.35. The van der Waals surface area contributed by atoms with Gasteiger partial charge in [0, 0.05) is 19.7 Å². The van der Waals surface area contributed by atoms with E-state index in [2.05, 4.69) is 30.3 Å². The molecule has 114 valence electrons. The summed E-state index contributed by atoms with van der Waals surface area (Å²) in [7, 11) is 0. The van der Waals surface area contributed by atoms with Gasteiger partial charge in [0.05, 0.1) is 0 Å². The molecule has 2 aliphatic rings. The van der Waals surface area contributed by atoms with Crippen LogP contribution in [0.25, 0.3) is 0 Å². The SMILES string of the molecule is O=C(C1CCCCO1)N1CCC(Cc2ccccc2)CC1. The monoisotopic (exact) mass is 287 g/mol. The van der Waals surface area contributed by atoms with E-state index >= 15 is 0 Å². The van der Waals surface area contributed by atoms with Gasteiger partial charge < -0.3 is 9.64 Å². The summed E-state index contributed by atoms with van der Waals surface area (Å²) in [6, 6.07) is 10.7. The molecule has 0 aromatic heterocycles. The summed E-state index contributed by atoms with van der Waals surface area (Å²) in [4.78, 5) is 14.4. The van der Waals surface area contributed by atoms with E-state index < -0.39 is 0 Å². The molecule has 0 spiro atoms. The molecule has 2 fully saturated rings. The van der Waals surface area contributed by atoms with Crippen LogP contribution in [-0.2, 0) is 16.0 Å². The Bertz CT molecular complexity index is 446. The number of likely N-dealkylation sites (tertiary alicyclic amines) is 1. The van der Waals surface area contributed by atoms with Crippen LogP contribution in [0.1, 0.15) is 37.7 Å². The van der Waals surface area contributed by atoms with Gasteiger partial charge in [-0.25, -0.2) is 0 Å². The molecule has 3 heteroatoms. The third-order valence-electron chi connectivity index (χ3n) is 4.75. The van der Waals surface area contributed by atoms with Crippen LogP contribution in [0.15, 0.2) is 30.3 Å². The molecule has 0 bridgehead atoms. The van der Waals surface area contributed by atoms with Crippen molar-refractivity contribution < 1.29 is 9.53 Å². The van der Waals surface area contributed by atoms with Crippen molar-refractivity contribution in [2.45, 2.75) is 44.6 Å². The topological polar surface area (TPSA) is 29.5 Å². The number of hydrogen-bond acceptors (Lipinski definition) is 2. The highest BCUT2D eigenvalue weighted by molar-refractivity contribution is 5.81. The lowest BCUT2D eigenvalue weighted by molar-refractivity contribution is -0.147. The molecule has 0 aliphatic carbocycles. The molecule has 0 saturated carbocycles. The lowest BCUT2D eigenvalue weighted by Crippen LogP contribution is -2.45. The minimum Gasteiger partial charge on any atom is -0.368 e. The number of ether oxygens (including phenoxy) is 1. The van der Waals surface area contributed by atoms with Crippen molar-refractivity contribution >= 4 is 5.91 Å². The Labute approximate surface area is 127 Å². The van der Waals surface area contributed by atoms with E-state index in [4.69, 9.17) is 4.74 Å². The normalized spacial score (nSPS) is 24.0. The fourth-order valence-electron chi connectivity index (χ4n) is 3.44. The smallest absolute Gasteiger partial charge is 0.251 e. The van der Waals surface area contributed by atoms with Gasteiger partial charge in [0.2, 0.25) is 0 Å². The van der Waals surface area contributed by atoms with E-state index in [1.165, 1.54) is 5.56 Å². The fourth-order valence-corrected chi connectivity index (χ4v) is 3.44. The largest absolute Gasteiger partial charge is 0.368 e. The summed E-state index contributed by atoms with van der Waals surface area (Å²) >= 11 is 0. The molecule has 1 atom stereocenters.